The lowest BCUT2D eigenvalue weighted by Gasteiger charge is -2.31. The van der Waals surface area contributed by atoms with Crippen LogP contribution in [0.4, 0.5) is 5.82 Å². The van der Waals surface area contributed by atoms with Crippen LogP contribution in [0.25, 0.3) is 11.1 Å². The van der Waals surface area contributed by atoms with Crippen LogP contribution < -0.4 is 4.90 Å². The molecule has 3 heterocycles. The van der Waals surface area contributed by atoms with E-state index in [1.807, 2.05) is 30.3 Å². The molecule has 0 bridgehead atoms. The standard InChI is InChI=1S/C19H21N5O2/c1-23(2)19(25)15-9-10-17(22-21-15)24-11-5-6-13(12-24)18-20-14-7-3-4-8-16(14)26-18/h3-4,7-10,13H,5-6,11-12H2,1-2H3. The first kappa shape index (κ1) is 16.5. The first-order valence-electron chi connectivity index (χ1n) is 8.77. The Balaban J connectivity index is 1.52. The van der Waals surface area contributed by atoms with Crippen LogP contribution in [0, 0.1) is 0 Å². The number of benzene rings is 1. The van der Waals surface area contributed by atoms with Gasteiger partial charge in [-0.15, -0.1) is 10.2 Å². The Labute approximate surface area is 151 Å². The van der Waals surface area contributed by atoms with E-state index in [4.69, 9.17) is 4.42 Å². The van der Waals surface area contributed by atoms with Crippen LogP contribution in [-0.2, 0) is 0 Å². The average molecular weight is 351 g/mol. The molecule has 2 aromatic heterocycles. The Morgan fingerprint density at radius 3 is 2.77 bits per heavy atom. The van der Waals surface area contributed by atoms with Gasteiger partial charge in [0.25, 0.3) is 5.91 Å². The number of oxazole rings is 1. The maximum absolute atomic E-state index is 11.9. The predicted molar refractivity (Wildman–Crippen MR) is 98.2 cm³/mol. The monoisotopic (exact) mass is 351 g/mol. The zero-order valence-corrected chi connectivity index (χ0v) is 14.9. The van der Waals surface area contributed by atoms with Crippen LogP contribution in [0.3, 0.4) is 0 Å². The summed E-state index contributed by atoms with van der Waals surface area (Å²) in [6.45, 7) is 1.69. The van der Waals surface area contributed by atoms with Gasteiger partial charge >= 0.3 is 0 Å². The number of anilines is 1. The van der Waals surface area contributed by atoms with Crippen molar-refractivity contribution in [3.8, 4) is 0 Å². The topological polar surface area (TPSA) is 75.4 Å². The summed E-state index contributed by atoms with van der Waals surface area (Å²) in [4.78, 5) is 20.3. The molecule has 3 aromatic rings. The fourth-order valence-corrected chi connectivity index (χ4v) is 3.29. The molecular weight excluding hydrogens is 330 g/mol. The summed E-state index contributed by atoms with van der Waals surface area (Å²) in [7, 11) is 3.40. The third-order valence-electron chi connectivity index (χ3n) is 4.68. The van der Waals surface area contributed by atoms with Gasteiger partial charge in [0, 0.05) is 27.2 Å². The van der Waals surface area contributed by atoms with Gasteiger partial charge in [0.1, 0.15) is 5.52 Å². The highest BCUT2D eigenvalue weighted by Gasteiger charge is 2.26. The minimum atomic E-state index is -0.146. The lowest BCUT2D eigenvalue weighted by atomic mass is 9.98. The molecule has 1 fully saturated rings. The van der Waals surface area contributed by atoms with Gasteiger partial charge in [-0.2, -0.15) is 0 Å². The Bertz CT molecular complexity index is 886. The number of hydrogen-bond acceptors (Lipinski definition) is 6. The summed E-state index contributed by atoms with van der Waals surface area (Å²) >= 11 is 0. The van der Waals surface area contributed by atoms with Gasteiger partial charge in [0.15, 0.2) is 23.0 Å². The Kier molecular flexibility index (Phi) is 4.28. The molecule has 26 heavy (non-hydrogen) atoms. The van der Waals surface area contributed by atoms with E-state index in [0.717, 1.165) is 48.7 Å². The summed E-state index contributed by atoms with van der Waals surface area (Å²) in [5.74, 6) is 1.64. The molecule has 1 atom stereocenters. The lowest BCUT2D eigenvalue weighted by molar-refractivity contribution is 0.0821. The van der Waals surface area contributed by atoms with Gasteiger partial charge in [0.05, 0.1) is 5.92 Å². The Morgan fingerprint density at radius 1 is 1.19 bits per heavy atom. The second-order valence-electron chi connectivity index (χ2n) is 6.78. The molecule has 134 valence electrons. The number of carbonyl (C=O) groups excluding carboxylic acids is 1. The number of para-hydroxylation sites is 2. The molecule has 4 rings (SSSR count). The van der Waals surface area contributed by atoms with Gasteiger partial charge in [-0.25, -0.2) is 4.98 Å². The smallest absolute Gasteiger partial charge is 0.273 e. The third-order valence-corrected chi connectivity index (χ3v) is 4.68. The van der Waals surface area contributed by atoms with E-state index in [0.29, 0.717) is 5.69 Å². The van der Waals surface area contributed by atoms with E-state index in [1.165, 1.54) is 4.90 Å². The summed E-state index contributed by atoms with van der Waals surface area (Å²) in [5, 5.41) is 8.34. The second-order valence-corrected chi connectivity index (χ2v) is 6.78. The highest BCUT2D eigenvalue weighted by Crippen LogP contribution is 2.30. The Morgan fingerprint density at radius 2 is 2.04 bits per heavy atom. The number of hydrogen-bond donors (Lipinski definition) is 0. The van der Waals surface area contributed by atoms with Gasteiger partial charge in [0.2, 0.25) is 0 Å². The molecule has 1 unspecified atom stereocenters. The molecular formula is C19H21N5O2. The highest BCUT2D eigenvalue weighted by atomic mass is 16.3. The van der Waals surface area contributed by atoms with E-state index in [-0.39, 0.29) is 11.8 Å². The van der Waals surface area contributed by atoms with Crippen molar-refractivity contribution in [3.63, 3.8) is 0 Å². The molecule has 0 spiro atoms. The quantitative estimate of drug-likeness (QED) is 0.722. The van der Waals surface area contributed by atoms with Crippen LogP contribution in [0.2, 0.25) is 0 Å². The third kappa shape index (κ3) is 3.12. The normalized spacial score (nSPS) is 17.5. The van der Waals surface area contributed by atoms with Crippen molar-refractivity contribution in [1.29, 1.82) is 0 Å². The van der Waals surface area contributed by atoms with Crippen molar-refractivity contribution < 1.29 is 9.21 Å². The SMILES string of the molecule is CN(C)C(=O)c1ccc(N2CCCC(c3nc4ccccc4o3)C2)nn1. The molecule has 0 N–H and O–H groups in total. The zero-order valence-electron chi connectivity index (χ0n) is 14.9. The first-order valence-corrected chi connectivity index (χ1v) is 8.77. The predicted octanol–water partition coefficient (Wildman–Crippen LogP) is 2.70. The molecule has 7 nitrogen and oxygen atoms in total. The first-order chi connectivity index (χ1) is 12.6. The van der Waals surface area contributed by atoms with Crippen LogP contribution in [-0.4, -0.2) is 53.2 Å². The molecule has 1 amide bonds. The van der Waals surface area contributed by atoms with Crippen LogP contribution in [0.15, 0.2) is 40.8 Å². The molecule has 0 aliphatic carbocycles. The number of amides is 1. The maximum atomic E-state index is 11.9. The average Bonchev–Trinajstić information content (AvgIpc) is 3.12. The van der Waals surface area contributed by atoms with E-state index in [1.54, 1.807) is 20.2 Å². The van der Waals surface area contributed by atoms with Gasteiger partial charge in [-0.1, -0.05) is 12.1 Å². The number of piperidine rings is 1. The Hall–Kier alpha value is -2.96. The van der Waals surface area contributed by atoms with Crippen molar-refractivity contribution in [1.82, 2.24) is 20.1 Å². The largest absolute Gasteiger partial charge is 0.440 e. The molecule has 7 heteroatoms. The lowest BCUT2D eigenvalue weighted by Crippen LogP contribution is -2.35. The molecule has 1 aromatic carbocycles. The van der Waals surface area contributed by atoms with Crippen molar-refractivity contribution >= 4 is 22.8 Å². The number of nitrogens with zero attached hydrogens (tertiary/aromatic N) is 5. The highest BCUT2D eigenvalue weighted by molar-refractivity contribution is 5.91. The van der Waals surface area contributed by atoms with E-state index in [2.05, 4.69) is 20.1 Å². The van der Waals surface area contributed by atoms with E-state index in [9.17, 15) is 4.79 Å². The molecule has 0 radical (unpaired) electrons. The van der Waals surface area contributed by atoms with Crippen molar-refractivity contribution in [3.05, 3.63) is 48.0 Å². The number of aromatic nitrogens is 3. The summed E-state index contributed by atoms with van der Waals surface area (Å²) in [6, 6.07) is 11.4. The maximum Gasteiger partial charge on any atom is 0.273 e. The number of rotatable bonds is 3. The van der Waals surface area contributed by atoms with Gasteiger partial charge in [-0.3, -0.25) is 4.79 Å². The van der Waals surface area contributed by atoms with Crippen LogP contribution >= 0.6 is 0 Å². The van der Waals surface area contributed by atoms with Crippen LogP contribution in [0.1, 0.15) is 35.1 Å². The molecule has 0 saturated carbocycles. The van der Waals surface area contributed by atoms with Crippen molar-refractivity contribution in [2.45, 2.75) is 18.8 Å². The second kappa shape index (κ2) is 6.74. The summed E-state index contributed by atoms with van der Waals surface area (Å²) in [5.41, 5.74) is 2.07. The number of carbonyl (C=O) groups is 1. The van der Waals surface area contributed by atoms with Crippen molar-refractivity contribution in [2.75, 3.05) is 32.1 Å². The van der Waals surface area contributed by atoms with E-state index < -0.39 is 0 Å². The summed E-state index contributed by atoms with van der Waals surface area (Å²) < 4.78 is 5.94. The minimum absolute atomic E-state index is 0.146. The fourth-order valence-electron chi connectivity index (χ4n) is 3.29. The van der Waals surface area contributed by atoms with Crippen LogP contribution in [0.5, 0.6) is 0 Å². The fraction of sp³-hybridized carbons (Fsp3) is 0.368. The van der Waals surface area contributed by atoms with Gasteiger partial charge in [-0.05, 0) is 37.1 Å². The van der Waals surface area contributed by atoms with Gasteiger partial charge < -0.3 is 14.2 Å². The molecule has 1 aliphatic rings. The molecule has 1 aliphatic heterocycles. The summed E-state index contributed by atoms with van der Waals surface area (Å²) in [6.07, 6.45) is 2.07. The molecule has 1 saturated heterocycles. The van der Waals surface area contributed by atoms with Crippen molar-refractivity contribution in [2.24, 2.45) is 0 Å². The van der Waals surface area contributed by atoms with E-state index >= 15 is 0 Å². The minimum Gasteiger partial charge on any atom is -0.440 e. The zero-order chi connectivity index (χ0) is 18.1. The number of fused-ring (bicyclic) bond motifs is 1.